The van der Waals surface area contributed by atoms with Gasteiger partial charge in [-0.1, -0.05) is 301 Å². The molecule has 0 radical (unpaired) electrons. The van der Waals surface area contributed by atoms with Crippen LogP contribution in [-0.2, 0) is 28.6 Å². The van der Waals surface area contributed by atoms with Gasteiger partial charge in [0, 0.05) is 19.3 Å². The average molecular weight is 1040 g/mol. The standard InChI is InChI=1S/C68H124O6/c1-4-7-10-13-16-19-22-25-28-30-32-33-34-35-37-38-40-43-46-49-52-55-58-61-67(70)73-64-65(63-72-66(69)60-57-54-51-48-45-42-27-24-21-18-15-12-9-6-3)74-68(71)62-59-56-53-50-47-44-41-39-36-31-29-26-23-20-17-14-11-8-5-2/h15,18,22,24-25,27,30,32,65H,4-14,16-17,19-21,23,26,28-29,31,33-64H2,1-3H3/b18-15-,25-22-,27-24-,32-30-. The third-order valence-corrected chi connectivity index (χ3v) is 14.6. The molecule has 0 heterocycles. The Morgan fingerprint density at radius 2 is 0.500 bits per heavy atom. The van der Waals surface area contributed by atoms with Gasteiger partial charge in [-0.2, -0.15) is 0 Å². The molecule has 0 fully saturated rings. The number of ether oxygens (including phenoxy) is 3. The second-order valence-electron chi connectivity index (χ2n) is 22.0. The Balaban J connectivity index is 4.30. The van der Waals surface area contributed by atoms with E-state index in [2.05, 4.69) is 69.4 Å². The molecule has 74 heavy (non-hydrogen) atoms. The lowest BCUT2D eigenvalue weighted by Crippen LogP contribution is -2.30. The average Bonchev–Trinajstić information content (AvgIpc) is 3.40. The van der Waals surface area contributed by atoms with Gasteiger partial charge in [-0.15, -0.1) is 0 Å². The first-order valence-electron chi connectivity index (χ1n) is 32.6. The van der Waals surface area contributed by atoms with Crippen LogP contribution in [0.3, 0.4) is 0 Å². The summed E-state index contributed by atoms with van der Waals surface area (Å²) < 4.78 is 16.9. The van der Waals surface area contributed by atoms with E-state index in [0.717, 1.165) is 83.5 Å². The van der Waals surface area contributed by atoms with Crippen LogP contribution in [0.5, 0.6) is 0 Å². The smallest absolute Gasteiger partial charge is 0.306 e. The molecule has 0 aromatic carbocycles. The molecular formula is C68H124O6. The molecule has 0 saturated heterocycles. The fourth-order valence-corrected chi connectivity index (χ4v) is 9.61. The van der Waals surface area contributed by atoms with Gasteiger partial charge in [0.15, 0.2) is 6.10 Å². The highest BCUT2D eigenvalue weighted by atomic mass is 16.6. The minimum Gasteiger partial charge on any atom is -0.462 e. The number of carbonyl (C=O) groups excluding carboxylic acids is 3. The predicted octanol–water partition coefficient (Wildman–Crippen LogP) is 22.2. The molecule has 0 amide bonds. The van der Waals surface area contributed by atoms with Crippen LogP contribution in [0.15, 0.2) is 48.6 Å². The second kappa shape index (κ2) is 62.9. The fourth-order valence-electron chi connectivity index (χ4n) is 9.61. The van der Waals surface area contributed by atoms with Crippen LogP contribution in [0.4, 0.5) is 0 Å². The molecule has 0 N–H and O–H groups in total. The highest BCUT2D eigenvalue weighted by molar-refractivity contribution is 5.71. The summed E-state index contributed by atoms with van der Waals surface area (Å²) in [6, 6.07) is 0. The van der Waals surface area contributed by atoms with Crippen molar-refractivity contribution in [2.24, 2.45) is 0 Å². The van der Waals surface area contributed by atoms with Gasteiger partial charge in [0.05, 0.1) is 0 Å². The molecule has 0 aliphatic heterocycles. The maximum atomic E-state index is 12.9. The highest BCUT2D eigenvalue weighted by Gasteiger charge is 2.19. The van der Waals surface area contributed by atoms with Crippen molar-refractivity contribution in [3.63, 3.8) is 0 Å². The Labute approximate surface area is 460 Å². The topological polar surface area (TPSA) is 78.9 Å². The monoisotopic (exact) mass is 1040 g/mol. The maximum Gasteiger partial charge on any atom is 0.306 e. The zero-order valence-corrected chi connectivity index (χ0v) is 49.6. The molecule has 1 unspecified atom stereocenters. The summed E-state index contributed by atoms with van der Waals surface area (Å²) in [7, 11) is 0. The quantitative estimate of drug-likeness (QED) is 0.0261. The summed E-state index contributed by atoms with van der Waals surface area (Å²) in [4.78, 5) is 38.3. The van der Waals surface area contributed by atoms with E-state index >= 15 is 0 Å². The summed E-state index contributed by atoms with van der Waals surface area (Å²) in [5.74, 6) is -0.869. The van der Waals surface area contributed by atoms with E-state index in [4.69, 9.17) is 14.2 Å². The summed E-state index contributed by atoms with van der Waals surface area (Å²) in [5, 5.41) is 0. The lowest BCUT2D eigenvalue weighted by molar-refractivity contribution is -0.167. The van der Waals surface area contributed by atoms with Crippen molar-refractivity contribution in [1.82, 2.24) is 0 Å². The molecule has 0 saturated carbocycles. The van der Waals surface area contributed by atoms with Gasteiger partial charge >= 0.3 is 17.9 Å². The Hall–Kier alpha value is -2.63. The van der Waals surface area contributed by atoms with Crippen LogP contribution in [-0.4, -0.2) is 37.2 Å². The van der Waals surface area contributed by atoms with Crippen LogP contribution >= 0.6 is 0 Å². The number of unbranched alkanes of at least 4 members (excludes halogenated alkanes) is 41. The van der Waals surface area contributed by atoms with Crippen molar-refractivity contribution in [1.29, 1.82) is 0 Å². The largest absolute Gasteiger partial charge is 0.462 e. The molecule has 0 aromatic heterocycles. The van der Waals surface area contributed by atoms with Gasteiger partial charge in [0.1, 0.15) is 13.2 Å². The normalized spacial score (nSPS) is 12.3. The van der Waals surface area contributed by atoms with Crippen LogP contribution in [0.2, 0.25) is 0 Å². The number of hydrogen-bond acceptors (Lipinski definition) is 6. The third-order valence-electron chi connectivity index (χ3n) is 14.6. The van der Waals surface area contributed by atoms with Gasteiger partial charge in [-0.05, 0) is 77.0 Å². The van der Waals surface area contributed by atoms with Crippen LogP contribution in [0, 0.1) is 0 Å². The predicted molar refractivity (Wildman–Crippen MR) is 321 cm³/mol. The van der Waals surface area contributed by atoms with Gasteiger partial charge in [0.2, 0.25) is 0 Å². The van der Waals surface area contributed by atoms with Gasteiger partial charge in [0.25, 0.3) is 0 Å². The van der Waals surface area contributed by atoms with Crippen LogP contribution in [0.25, 0.3) is 0 Å². The summed E-state index contributed by atoms with van der Waals surface area (Å²) >= 11 is 0. The molecule has 0 rings (SSSR count). The zero-order chi connectivity index (χ0) is 53.6. The molecule has 6 nitrogen and oxygen atoms in total. The van der Waals surface area contributed by atoms with Crippen molar-refractivity contribution in [2.45, 2.75) is 354 Å². The minimum absolute atomic E-state index is 0.0751. The summed E-state index contributed by atoms with van der Waals surface area (Å²) in [6.07, 6.45) is 78.3. The Morgan fingerprint density at radius 3 is 0.784 bits per heavy atom. The fraction of sp³-hybridized carbons (Fsp3) is 0.838. The first kappa shape index (κ1) is 71.4. The van der Waals surface area contributed by atoms with E-state index in [1.807, 2.05) is 0 Å². The molecule has 0 bridgehead atoms. The minimum atomic E-state index is -0.778. The van der Waals surface area contributed by atoms with Crippen molar-refractivity contribution < 1.29 is 28.6 Å². The molecule has 6 heteroatoms. The number of rotatable bonds is 60. The number of carbonyl (C=O) groups is 3. The van der Waals surface area contributed by atoms with E-state index in [0.29, 0.717) is 19.3 Å². The number of allylic oxidation sites excluding steroid dienone is 8. The molecule has 1 atom stereocenters. The van der Waals surface area contributed by atoms with E-state index < -0.39 is 6.10 Å². The molecular weight excluding hydrogens is 913 g/mol. The Bertz CT molecular complexity index is 1280. The van der Waals surface area contributed by atoms with Crippen LogP contribution in [0.1, 0.15) is 348 Å². The summed E-state index contributed by atoms with van der Waals surface area (Å²) in [6.45, 7) is 6.63. The third kappa shape index (κ3) is 60.2. The Kier molecular flexibility index (Phi) is 60.7. The van der Waals surface area contributed by atoms with E-state index in [1.165, 1.54) is 225 Å². The van der Waals surface area contributed by atoms with Crippen molar-refractivity contribution in [3.05, 3.63) is 48.6 Å². The molecule has 0 aliphatic rings. The lowest BCUT2D eigenvalue weighted by atomic mass is 10.0. The van der Waals surface area contributed by atoms with E-state index in [1.54, 1.807) is 0 Å². The summed E-state index contributed by atoms with van der Waals surface area (Å²) in [5.41, 5.74) is 0. The molecule has 0 spiro atoms. The maximum absolute atomic E-state index is 12.9. The molecule has 0 aliphatic carbocycles. The first-order valence-corrected chi connectivity index (χ1v) is 32.6. The zero-order valence-electron chi connectivity index (χ0n) is 49.6. The SMILES string of the molecule is CCCC/C=C\C/C=C\CCCCCCCC(=O)OCC(COC(=O)CCCCCCCCCCCCC/C=C\C/C=C\CCCCCCC)OC(=O)CCCCCCCCCCCCCCCCCCCCC. The second-order valence-corrected chi connectivity index (χ2v) is 22.0. The van der Waals surface area contributed by atoms with Gasteiger partial charge in [-0.3, -0.25) is 14.4 Å². The number of hydrogen-bond donors (Lipinski definition) is 0. The molecule has 432 valence electrons. The van der Waals surface area contributed by atoms with E-state index in [9.17, 15) is 14.4 Å². The van der Waals surface area contributed by atoms with Crippen molar-refractivity contribution in [3.8, 4) is 0 Å². The number of esters is 3. The molecule has 0 aromatic rings. The first-order chi connectivity index (χ1) is 36.5. The van der Waals surface area contributed by atoms with Gasteiger partial charge in [-0.25, -0.2) is 0 Å². The van der Waals surface area contributed by atoms with Crippen LogP contribution < -0.4 is 0 Å². The van der Waals surface area contributed by atoms with E-state index in [-0.39, 0.29) is 31.1 Å². The van der Waals surface area contributed by atoms with Gasteiger partial charge < -0.3 is 14.2 Å². The van der Waals surface area contributed by atoms with Crippen molar-refractivity contribution >= 4 is 17.9 Å². The lowest BCUT2D eigenvalue weighted by Gasteiger charge is -2.18. The highest BCUT2D eigenvalue weighted by Crippen LogP contribution is 2.17. The van der Waals surface area contributed by atoms with Crippen molar-refractivity contribution in [2.75, 3.05) is 13.2 Å². The Morgan fingerprint density at radius 1 is 0.270 bits per heavy atom.